The van der Waals surface area contributed by atoms with Crippen molar-refractivity contribution in [1.82, 2.24) is 25.2 Å². The van der Waals surface area contributed by atoms with E-state index in [4.69, 9.17) is 10.2 Å². The molecule has 0 aliphatic heterocycles. The Morgan fingerprint density at radius 1 is 1.08 bits per heavy atom. The normalized spacial score (nSPS) is 10.6. The number of tetrazole rings is 1. The van der Waals surface area contributed by atoms with E-state index < -0.39 is 5.97 Å². The van der Waals surface area contributed by atoms with Gasteiger partial charge in [-0.15, -0.1) is 5.10 Å². The summed E-state index contributed by atoms with van der Waals surface area (Å²) in [6.45, 7) is 0. The van der Waals surface area contributed by atoms with Gasteiger partial charge in [0.25, 0.3) is 0 Å². The number of hydrogen-bond donors (Lipinski definition) is 2. The maximum Gasteiger partial charge on any atom is 0.335 e. The Morgan fingerprint density at radius 2 is 1.80 bits per heavy atom. The van der Waals surface area contributed by atoms with E-state index in [9.17, 15) is 9.59 Å². The van der Waals surface area contributed by atoms with Crippen LogP contribution in [0.2, 0.25) is 0 Å². The Morgan fingerprint density at radius 3 is 2.44 bits per heavy atom. The molecule has 0 atom stereocenters. The minimum absolute atomic E-state index is 0.0834. The Bertz CT molecular complexity index is 908. The molecule has 0 amide bonds. The number of hydrogen-bond acceptors (Lipinski definition) is 8. The first-order chi connectivity index (χ1) is 12.0. The molecule has 25 heavy (non-hydrogen) atoms. The van der Waals surface area contributed by atoms with Crippen molar-refractivity contribution in [3.8, 4) is 11.6 Å². The maximum atomic E-state index is 12.1. The van der Waals surface area contributed by atoms with Crippen LogP contribution in [0.25, 0.3) is 5.69 Å². The van der Waals surface area contributed by atoms with Crippen LogP contribution in [0, 0.1) is 0 Å². The maximum absolute atomic E-state index is 12.1. The lowest BCUT2D eigenvalue weighted by molar-refractivity contribution is 0.0696. The van der Waals surface area contributed by atoms with Gasteiger partial charge in [-0.3, -0.25) is 4.79 Å². The molecule has 3 rings (SSSR count). The molecular formula is C15H11N5O4S. The number of pyridine rings is 1. The first kappa shape index (κ1) is 16.6. The molecule has 0 unspecified atom stereocenters. The topological polar surface area (TPSA) is 131 Å². The molecule has 2 heterocycles. The highest BCUT2D eigenvalue weighted by atomic mass is 32.2. The number of thioether (sulfide) groups is 1. The fraction of sp³-hybridized carbons (Fsp3) is 0.0667. The number of Topliss-reactive ketones (excluding diaryl/α,β-unsaturated/α-hetero) is 1. The molecular weight excluding hydrogens is 346 g/mol. The monoisotopic (exact) mass is 357 g/mol. The molecule has 9 nitrogen and oxygen atoms in total. The molecule has 1 aromatic carbocycles. The Kier molecular flexibility index (Phi) is 4.70. The van der Waals surface area contributed by atoms with Gasteiger partial charge in [0.05, 0.1) is 17.0 Å². The highest BCUT2D eigenvalue weighted by molar-refractivity contribution is 7.99. The molecule has 0 aliphatic rings. The number of carbonyl (C=O) groups excluding carboxylic acids is 1. The molecule has 0 bridgehead atoms. The van der Waals surface area contributed by atoms with E-state index in [0.29, 0.717) is 16.4 Å². The Hall–Kier alpha value is -3.27. The number of rotatable bonds is 6. The summed E-state index contributed by atoms with van der Waals surface area (Å²) < 4.78 is 1.42. The summed E-state index contributed by atoms with van der Waals surface area (Å²) in [5.41, 5.74) is 1.10. The summed E-state index contributed by atoms with van der Waals surface area (Å²) in [5.74, 6) is -1.28. The zero-order valence-corrected chi connectivity index (χ0v) is 13.4. The van der Waals surface area contributed by atoms with Crippen LogP contribution < -0.4 is 0 Å². The summed E-state index contributed by atoms with van der Waals surface area (Å²) >= 11 is 1.14. The number of carbonyl (C=O) groups is 2. The van der Waals surface area contributed by atoms with Crippen molar-refractivity contribution >= 4 is 23.5 Å². The average Bonchev–Trinajstić information content (AvgIpc) is 3.09. The average molecular weight is 357 g/mol. The summed E-state index contributed by atoms with van der Waals surface area (Å²) in [7, 11) is 0. The fourth-order valence-corrected chi connectivity index (χ4v) is 2.73. The molecule has 2 N–H and O–H groups in total. The van der Waals surface area contributed by atoms with E-state index in [1.165, 1.54) is 35.1 Å². The van der Waals surface area contributed by atoms with Crippen molar-refractivity contribution in [3.63, 3.8) is 0 Å². The van der Waals surface area contributed by atoms with Crippen molar-refractivity contribution in [1.29, 1.82) is 0 Å². The van der Waals surface area contributed by atoms with Gasteiger partial charge in [-0.2, -0.15) is 4.68 Å². The number of aromatic carboxylic acids is 1. The second kappa shape index (κ2) is 7.09. The molecule has 0 spiro atoms. The highest BCUT2D eigenvalue weighted by Crippen LogP contribution is 2.20. The van der Waals surface area contributed by atoms with Gasteiger partial charge in [0.2, 0.25) is 11.0 Å². The summed E-state index contributed by atoms with van der Waals surface area (Å²) in [4.78, 5) is 26.7. The lowest BCUT2D eigenvalue weighted by atomic mass is 10.2. The van der Waals surface area contributed by atoms with Crippen molar-refractivity contribution < 1.29 is 19.8 Å². The number of carboxylic acid groups (broad SMARTS) is 1. The first-order valence-corrected chi connectivity index (χ1v) is 7.96. The molecule has 126 valence electrons. The summed E-state index contributed by atoms with van der Waals surface area (Å²) in [6, 6.07) is 8.87. The van der Waals surface area contributed by atoms with Gasteiger partial charge in [-0.1, -0.05) is 11.8 Å². The van der Waals surface area contributed by atoms with Crippen molar-refractivity contribution in [2.45, 2.75) is 5.16 Å². The quantitative estimate of drug-likeness (QED) is 0.497. The SMILES string of the molecule is O=C(O)c1ccc(-n2nnnc2SCC(=O)c2ccc(O)nc2)cc1. The van der Waals surface area contributed by atoms with Gasteiger partial charge in [-0.25, -0.2) is 9.78 Å². The molecule has 0 radical (unpaired) electrons. The highest BCUT2D eigenvalue weighted by Gasteiger charge is 2.13. The smallest absolute Gasteiger partial charge is 0.335 e. The Labute approximate surface area is 145 Å². The standard InChI is InChI=1S/C15H11N5O4S/c21-12(10-3-6-13(22)16-7-10)8-25-15-17-18-19-20(15)11-4-1-9(2-5-11)14(23)24/h1-7H,8H2,(H,16,22)(H,23,24). The number of carboxylic acids is 1. The second-order valence-corrected chi connectivity index (χ2v) is 5.78. The van der Waals surface area contributed by atoms with Crippen LogP contribution in [0.1, 0.15) is 20.7 Å². The minimum atomic E-state index is -1.02. The second-order valence-electron chi connectivity index (χ2n) is 4.84. The predicted molar refractivity (Wildman–Crippen MR) is 87.1 cm³/mol. The molecule has 0 aliphatic carbocycles. The lowest BCUT2D eigenvalue weighted by Crippen LogP contribution is -2.05. The van der Waals surface area contributed by atoms with E-state index in [1.54, 1.807) is 12.1 Å². The van der Waals surface area contributed by atoms with Crippen molar-refractivity contribution in [2.24, 2.45) is 0 Å². The van der Waals surface area contributed by atoms with Crippen LogP contribution in [-0.4, -0.2) is 52.9 Å². The van der Waals surface area contributed by atoms with E-state index in [-0.39, 0.29) is 23.0 Å². The zero-order chi connectivity index (χ0) is 17.8. The molecule has 0 fully saturated rings. The van der Waals surface area contributed by atoms with Gasteiger partial charge in [-0.05, 0) is 40.8 Å². The zero-order valence-electron chi connectivity index (χ0n) is 12.6. The third-order valence-electron chi connectivity index (χ3n) is 3.20. The first-order valence-electron chi connectivity index (χ1n) is 6.98. The van der Waals surface area contributed by atoms with Crippen molar-refractivity contribution in [2.75, 3.05) is 5.75 Å². The molecule has 3 aromatic rings. The van der Waals surface area contributed by atoms with Gasteiger partial charge >= 0.3 is 5.97 Å². The summed E-state index contributed by atoms with van der Waals surface area (Å²) in [6.07, 6.45) is 1.30. The lowest BCUT2D eigenvalue weighted by Gasteiger charge is -2.04. The third-order valence-corrected chi connectivity index (χ3v) is 4.12. The predicted octanol–water partition coefficient (Wildman–Crippen LogP) is 1.44. The third kappa shape index (κ3) is 3.80. The van der Waals surface area contributed by atoms with Crippen LogP contribution in [0.15, 0.2) is 47.8 Å². The van der Waals surface area contributed by atoms with Gasteiger partial charge in [0, 0.05) is 17.8 Å². The molecule has 10 heteroatoms. The summed E-state index contributed by atoms with van der Waals surface area (Å²) in [5, 5.41) is 29.8. The number of ketones is 1. The van der Waals surface area contributed by atoms with E-state index in [1.807, 2.05) is 0 Å². The van der Waals surface area contributed by atoms with E-state index in [2.05, 4.69) is 20.5 Å². The Balaban J connectivity index is 1.72. The number of aromatic nitrogens is 5. The fourth-order valence-electron chi connectivity index (χ4n) is 1.94. The largest absolute Gasteiger partial charge is 0.493 e. The van der Waals surface area contributed by atoms with Gasteiger partial charge in [0.15, 0.2) is 5.78 Å². The van der Waals surface area contributed by atoms with Crippen molar-refractivity contribution in [3.05, 3.63) is 53.7 Å². The van der Waals surface area contributed by atoms with Crippen LogP contribution >= 0.6 is 11.8 Å². The van der Waals surface area contributed by atoms with E-state index in [0.717, 1.165) is 11.8 Å². The van der Waals surface area contributed by atoms with Gasteiger partial charge < -0.3 is 10.2 Å². The number of aromatic hydroxyl groups is 1. The van der Waals surface area contributed by atoms with E-state index >= 15 is 0 Å². The van der Waals surface area contributed by atoms with Crippen LogP contribution in [0.4, 0.5) is 0 Å². The minimum Gasteiger partial charge on any atom is -0.493 e. The van der Waals surface area contributed by atoms with Crippen LogP contribution in [0.5, 0.6) is 5.88 Å². The molecule has 0 saturated carbocycles. The number of benzene rings is 1. The number of nitrogens with zero attached hydrogens (tertiary/aromatic N) is 5. The van der Waals surface area contributed by atoms with Gasteiger partial charge in [0.1, 0.15) is 0 Å². The molecule has 2 aromatic heterocycles. The molecule has 0 saturated heterocycles. The van der Waals surface area contributed by atoms with Crippen LogP contribution in [-0.2, 0) is 0 Å². The van der Waals surface area contributed by atoms with Crippen LogP contribution in [0.3, 0.4) is 0 Å².